The lowest BCUT2D eigenvalue weighted by molar-refractivity contribution is 0.576. The molecule has 1 aromatic carbocycles. The van der Waals surface area contributed by atoms with Crippen LogP contribution in [-0.2, 0) is 0 Å². The van der Waals surface area contributed by atoms with Crippen LogP contribution in [0.25, 0.3) is 0 Å². The fourth-order valence-electron chi connectivity index (χ4n) is 2.48. The van der Waals surface area contributed by atoms with E-state index in [9.17, 15) is 0 Å². The van der Waals surface area contributed by atoms with Crippen LogP contribution in [0.15, 0.2) is 24.3 Å². The summed E-state index contributed by atoms with van der Waals surface area (Å²) in [5.41, 5.74) is 1.40. The first-order valence-corrected chi connectivity index (χ1v) is 8.18. The first kappa shape index (κ1) is 13.9. The van der Waals surface area contributed by atoms with Gasteiger partial charge in [-0.25, -0.2) is 0 Å². The number of hydrogen-bond acceptors (Lipinski definition) is 0. The molecule has 1 unspecified atom stereocenters. The Kier molecular flexibility index (Phi) is 6.07. The summed E-state index contributed by atoms with van der Waals surface area (Å²) in [6, 6.07) is 8.90. The van der Waals surface area contributed by atoms with E-state index in [1.165, 1.54) is 54.1 Å². The molecule has 2 rings (SSSR count). The third-order valence-electron chi connectivity index (χ3n) is 3.59. The second-order valence-electron chi connectivity index (χ2n) is 5.09. The normalized spacial score (nSPS) is 21.5. The van der Waals surface area contributed by atoms with Gasteiger partial charge in [0.2, 0.25) is 0 Å². The van der Waals surface area contributed by atoms with Crippen LogP contribution in [0, 0.1) is 15.4 Å². The molecule has 1 aromatic rings. The van der Waals surface area contributed by atoms with Crippen LogP contribution < -0.4 is 0 Å². The summed E-state index contributed by atoms with van der Waals surface area (Å²) in [5, 5.41) is 0. The fourth-order valence-corrected chi connectivity index (χ4v) is 2.84. The quantitative estimate of drug-likeness (QED) is 0.462. The van der Waals surface area contributed by atoms with Gasteiger partial charge in [0.15, 0.2) is 0 Å². The molecule has 96 valence electrons. The molecule has 0 saturated carbocycles. The van der Waals surface area contributed by atoms with Crippen LogP contribution in [-0.4, -0.2) is 0 Å². The van der Waals surface area contributed by atoms with Crippen molar-refractivity contribution < 1.29 is 0 Å². The van der Waals surface area contributed by atoms with E-state index in [1.54, 1.807) is 0 Å². The maximum atomic E-state index is 3.50. The van der Waals surface area contributed by atoms with Gasteiger partial charge in [-0.1, -0.05) is 50.2 Å². The van der Waals surface area contributed by atoms with E-state index in [4.69, 9.17) is 0 Å². The Hall–Kier alpha value is -0.490. The topological polar surface area (TPSA) is 0 Å². The zero-order valence-corrected chi connectivity index (χ0v) is 13.1. The lowest BCUT2D eigenvalue weighted by Gasteiger charge is -2.11. The van der Waals surface area contributed by atoms with Crippen LogP contribution >= 0.6 is 22.6 Å². The summed E-state index contributed by atoms with van der Waals surface area (Å²) in [7, 11) is 0. The summed E-state index contributed by atoms with van der Waals surface area (Å²) >= 11 is 2.36. The Balaban J connectivity index is 2.06. The monoisotopic (exact) mass is 352 g/mol. The number of rotatable bonds is 1. The lowest BCUT2D eigenvalue weighted by Crippen LogP contribution is -1.96. The fraction of sp³-hybridized carbons (Fsp3) is 0.529. The van der Waals surface area contributed by atoms with Gasteiger partial charge in [-0.05, 0) is 53.1 Å². The van der Waals surface area contributed by atoms with Gasteiger partial charge in [-0.15, -0.1) is 5.92 Å². The molecule has 0 fully saturated rings. The first-order valence-electron chi connectivity index (χ1n) is 7.10. The largest absolute Gasteiger partial charge is 0.103 e. The van der Waals surface area contributed by atoms with E-state index in [0.717, 1.165) is 6.42 Å². The molecule has 0 N–H and O–H groups in total. The second-order valence-corrected chi connectivity index (χ2v) is 6.33. The van der Waals surface area contributed by atoms with Crippen molar-refractivity contribution >= 4 is 22.6 Å². The summed E-state index contributed by atoms with van der Waals surface area (Å²) in [6.45, 7) is 0. The molecule has 0 saturated heterocycles. The summed E-state index contributed by atoms with van der Waals surface area (Å²) < 4.78 is 1.31. The Bertz CT molecular complexity index is 407. The van der Waals surface area contributed by atoms with Crippen molar-refractivity contribution in [2.24, 2.45) is 0 Å². The average molecular weight is 352 g/mol. The molecular weight excluding hydrogens is 331 g/mol. The van der Waals surface area contributed by atoms with E-state index in [2.05, 4.69) is 58.7 Å². The SMILES string of the molecule is Ic1ccc(C2C#CCCCCCCCC2)cc1. The van der Waals surface area contributed by atoms with Gasteiger partial charge >= 0.3 is 0 Å². The highest BCUT2D eigenvalue weighted by atomic mass is 127. The predicted octanol–water partition coefficient (Wildman–Crippen LogP) is 5.51. The minimum Gasteiger partial charge on any atom is -0.103 e. The zero-order valence-electron chi connectivity index (χ0n) is 10.9. The molecule has 1 atom stereocenters. The minimum atomic E-state index is 0.458. The third kappa shape index (κ3) is 4.65. The third-order valence-corrected chi connectivity index (χ3v) is 4.31. The highest BCUT2D eigenvalue weighted by molar-refractivity contribution is 14.1. The number of hydrogen-bond donors (Lipinski definition) is 0. The van der Waals surface area contributed by atoms with Gasteiger partial charge in [0.05, 0.1) is 0 Å². The highest BCUT2D eigenvalue weighted by Gasteiger charge is 2.08. The molecule has 0 aliphatic heterocycles. The Morgan fingerprint density at radius 1 is 0.889 bits per heavy atom. The molecule has 1 heteroatoms. The van der Waals surface area contributed by atoms with Crippen molar-refractivity contribution in [3.63, 3.8) is 0 Å². The van der Waals surface area contributed by atoms with E-state index in [-0.39, 0.29) is 0 Å². The van der Waals surface area contributed by atoms with Crippen molar-refractivity contribution in [1.29, 1.82) is 0 Å². The van der Waals surface area contributed by atoms with E-state index in [1.807, 2.05) is 0 Å². The predicted molar refractivity (Wildman–Crippen MR) is 86.6 cm³/mol. The number of halogens is 1. The molecule has 0 bridgehead atoms. The van der Waals surface area contributed by atoms with E-state index < -0.39 is 0 Å². The zero-order chi connectivity index (χ0) is 12.6. The summed E-state index contributed by atoms with van der Waals surface area (Å²) in [6.07, 6.45) is 10.5. The van der Waals surface area contributed by atoms with Crippen molar-refractivity contribution in [1.82, 2.24) is 0 Å². The van der Waals surface area contributed by atoms with Crippen LogP contribution in [0.5, 0.6) is 0 Å². The smallest absolute Gasteiger partial charge is 0.0452 e. The Morgan fingerprint density at radius 3 is 2.33 bits per heavy atom. The highest BCUT2D eigenvalue weighted by Crippen LogP contribution is 2.24. The molecule has 1 aliphatic carbocycles. The van der Waals surface area contributed by atoms with Crippen LogP contribution in [0.2, 0.25) is 0 Å². The van der Waals surface area contributed by atoms with Gasteiger partial charge in [-0.2, -0.15) is 0 Å². The van der Waals surface area contributed by atoms with Crippen molar-refractivity contribution in [3.8, 4) is 11.8 Å². The average Bonchev–Trinajstić information content (AvgIpc) is 2.45. The van der Waals surface area contributed by atoms with Gasteiger partial charge in [0.25, 0.3) is 0 Å². The number of benzene rings is 1. The molecule has 0 spiro atoms. The van der Waals surface area contributed by atoms with Crippen LogP contribution in [0.4, 0.5) is 0 Å². The maximum Gasteiger partial charge on any atom is 0.0452 e. The molecule has 0 aromatic heterocycles. The first-order chi connectivity index (χ1) is 8.86. The lowest BCUT2D eigenvalue weighted by atomic mass is 9.93. The van der Waals surface area contributed by atoms with Gasteiger partial charge in [0.1, 0.15) is 0 Å². The van der Waals surface area contributed by atoms with Crippen molar-refractivity contribution in [3.05, 3.63) is 33.4 Å². The standard InChI is InChI=1S/C17H21I/c18-17-13-11-16(12-14-17)15-9-7-5-3-1-2-4-6-8-10-15/h11-15H,1-7,9H2. The molecule has 1 aliphatic rings. The minimum absolute atomic E-state index is 0.458. The van der Waals surface area contributed by atoms with Crippen LogP contribution in [0.3, 0.4) is 0 Å². The Labute approximate surface area is 125 Å². The van der Waals surface area contributed by atoms with Gasteiger partial charge in [0, 0.05) is 15.9 Å². The molecule has 0 radical (unpaired) electrons. The molecular formula is C17H21I. The molecule has 0 amide bonds. The van der Waals surface area contributed by atoms with Gasteiger partial charge < -0.3 is 0 Å². The van der Waals surface area contributed by atoms with Crippen LogP contribution in [0.1, 0.15) is 62.8 Å². The summed E-state index contributed by atoms with van der Waals surface area (Å²) in [4.78, 5) is 0. The van der Waals surface area contributed by atoms with E-state index in [0.29, 0.717) is 5.92 Å². The van der Waals surface area contributed by atoms with E-state index >= 15 is 0 Å². The molecule has 18 heavy (non-hydrogen) atoms. The van der Waals surface area contributed by atoms with Crippen molar-refractivity contribution in [2.45, 2.75) is 57.3 Å². The maximum absolute atomic E-state index is 3.50. The second kappa shape index (κ2) is 7.84. The van der Waals surface area contributed by atoms with Gasteiger partial charge in [-0.3, -0.25) is 0 Å². The Morgan fingerprint density at radius 2 is 1.56 bits per heavy atom. The molecule has 0 nitrogen and oxygen atoms in total. The van der Waals surface area contributed by atoms with Crippen molar-refractivity contribution in [2.75, 3.05) is 0 Å². The summed E-state index contributed by atoms with van der Waals surface area (Å²) in [5.74, 6) is 7.35. The molecule has 0 heterocycles.